The molecule has 10 heteroatoms. The first-order valence-electron chi connectivity index (χ1n) is 9.97. The number of ether oxygens (including phenoxy) is 1. The number of allylic oxidation sites excluding steroid dienone is 1. The highest BCUT2D eigenvalue weighted by Gasteiger charge is 2.18. The van der Waals surface area contributed by atoms with E-state index < -0.39 is 15.8 Å². The summed E-state index contributed by atoms with van der Waals surface area (Å²) in [5.74, 6) is -0.462. The molecule has 0 radical (unpaired) electrons. The summed E-state index contributed by atoms with van der Waals surface area (Å²) in [4.78, 5) is 16.6. The highest BCUT2D eigenvalue weighted by atomic mass is 32.2. The molecular weight excluding hydrogens is 444 g/mol. The van der Waals surface area contributed by atoms with Crippen molar-refractivity contribution in [1.82, 2.24) is 10.2 Å². The van der Waals surface area contributed by atoms with Crippen molar-refractivity contribution in [3.8, 4) is 11.5 Å². The summed E-state index contributed by atoms with van der Waals surface area (Å²) in [6.07, 6.45) is 2.41. The summed E-state index contributed by atoms with van der Waals surface area (Å²) < 4.78 is 34.2. The van der Waals surface area contributed by atoms with Crippen LogP contribution in [0, 0.1) is 0 Å². The lowest BCUT2D eigenvalue weighted by molar-refractivity contribution is -0.136. The number of esters is 1. The maximum absolute atomic E-state index is 11.9. The molecule has 0 atom stereocenters. The molecule has 0 aliphatic heterocycles. The molecule has 9 nitrogen and oxygen atoms in total. The SMILES string of the molecule is COC(=O)/C(N)=C/C(=Nc1ccccc1C(C)C)c1nnc(-c2cccc(S(C)(=O)=O)c2)o1. The van der Waals surface area contributed by atoms with E-state index in [0.717, 1.165) is 11.8 Å². The first-order valence-corrected chi connectivity index (χ1v) is 11.9. The minimum atomic E-state index is -3.42. The zero-order valence-electron chi connectivity index (χ0n) is 18.6. The van der Waals surface area contributed by atoms with Crippen LogP contribution in [0.15, 0.2) is 74.6 Å². The molecule has 2 aromatic carbocycles. The minimum absolute atomic E-state index is 0.000158. The standard InChI is InChI=1S/C23H24N4O5S/c1-14(2)17-10-5-6-11-19(17)25-20(13-18(24)23(28)31-3)22-27-26-21(32-22)15-8-7-9-16(12-15)33(4,29)30/h5-14H,24H2,1-4H3/b18-13-,25-20?. The van der Waals surface area contributed by atoms with Crippen LogP contribution in [-0.2, 0) is 19.4 Å². The minimum Gasteiger partial charge on any atom is -0.464 e. The predicted molar refractivity (Wildman–Crippen MR) is 124 cm³/mol. The number of aromatic nitrogens is 2. The van der Waals surface area contributed by atoms with Crippen molar-refractivity contribution < 1.29 is 22.4 Å². The van der Waals surface area contributed by atoms with Gasteiger partial charge in [0.2, 0.25) is 5.89 Å². The molecule has 2 N–H and O–H groups in total. The Labute approximate surface area is 191 Å². The van der Waals surface area contributed by atoms with Crippen molar-refractivity contribution in [3.05, 3.63) is 71.8 Å². The van der Waals surface area contributed by atoms with Gasteiger partial charge in [0.15, 0.2) is 9.84 Å². The number of aliphatic imine (C=N–C) groups is 1. The number of rotatable bonds is 7. The van der Waals surface area contributed by atoms with Crippen LogP contribution >= 0.6 is 0 Å². The molecular formula is C23H24N4O5S. The van der Waals surface area contributed by atoms with Crippen molar-refractivity contribution in [3.63, 3.8) is 0 Å². The highest BCUT2D eigenvalue weighted by molar-refractivity contribution is 7.90. The number of sulfone groups is 1. The molecule has 1 heterocycles. The van der Waals surface area contributed by atoms with Gasteiger partial charge in [0.25, 0.3) is 5.89 Å². The summed E-state index contributed by atoms with van der Waals surface area (Å²) in [5, 5.41) is 8.07. The molecule has 0 saturated heterocycles. The third kappa shape index (κ3) is 5.72. The third-order valence-electron chi connectivity index (χ3n) is 4.67. The molecule has 0 unspecified atom stereocenters. The van der Waals surface area contributed by atoms with E-state index in [0.29, 0.717) is 11.3 Å². The topological polar surface area (TPSA) is 138 Å². The number of carbonyl (C=O) groups excluding carboxylic acids is 1. The maximum atomic E-state index is 11.9. The quantitative estimate of drug-likeness (QED) is 0.316. The number of carbonyl (C=O) groups is 1. The summed E-state index contributed by atoms with van der Waals surface area (Å²) in [6, 6.07) is 13.7. The molecule has 172 valence electrons. The maximum Gasteiger partial charge on any atom is 0.353 e. The zero-order chi connectivity index (χ0) is 24.2. The van der Waals surface area contributed by atoms with E-state index in [4.69, 9.17) is 10.2 Å². The lowest BCUT2D eigenvalue weighted by Gasteiger charge is -2.09. The summed E-state index contributed by atoms with van der Waals surface area (Å²) in [7, 11) is -2.20. The third-order valence-corrected chi connectivity index (χ3v) is 5.78. The Hall–Kier alpha value is -3.79. The Bertz CT molecular complexity index is 1340. The smallest absolute Gasteiger partial charge is 0.353 e. The molecule has 0 aliphatic carbocycles. The average molecular weight is 469 g/mol. The normalized spacial score (nSPS) is 12.8. The van der Waals surface area contributed by atoms with Crippen molar-refractivity contribution in [2.24, 2.45) is 10.7 Å². The fraction of sp³-hybridized carbons (Fsp3) is 0.217. The number of para-hydroxylation sites is 1. The Morgan fingerprint density at radius 1 is 1.15 bits per heavy atom. The first-order chi connectivity index (χ1) is 15.6. The molecule has 0 fully saturated rings. The van der Waals surface area contributed by atoms with Gasteiger partial charge in [-0.1, -0.05) is 38.1 Å². The zero-order valence-corrected chi connectivity index (χ0v) is 19.5. The molecule has 1 aromatic heterocycles. The van der Waals surface area contributed by atoms with Crippen LogP contribution in [0.3, 0.4) is 0 Å². The van der Waals surface area contributed by atoms with Crippen molar-refractivity contribution in [2.45, 2.75) is 24.7 Å². The highest BCUT2D eigenvalue weighted by Crippen LogP contribution is 2.28. The van der Waals surface area contributed by atoms with Gasteiger partial charge < -0.3 is 14.9 Å². The van der Waals surface area contributed by atoms with Gasteiger partial charge in [0.05, 0.1) is 17.7 Å². The Balaban J connectivity index is 2.12. The second kappa shape index (κ2) is 9.78. The predicted octanol–water partition coefficient (Wildman–Crippen LogP) is 3.40. The van der Waals surface area contributed by atoms with Gasteiger partial charge in [-0.05, 0) is 41.8 Å². The number of nitrogens with two attached hydrogens (primary N) is 1. The van der Waals surface area contributed by atoms with Crippen LogP contribution in [-0.4, -0.2) is 43.7 Å². The number of hydrogen-bond donors (Lipinski definition) is 1. The van der Waals surface area contributed by atoms with Gasteiger partial charge >= 0.3 is 5.97 Å². The van der Waals surface area contributed by atoms with Gasteiger partial charge in [-0.3, -0.25) is 0 Å². The Kier molecular flexibility index (Phi) is 7.07. The van der Waals surface area contributed by atoms with Crippen LogP contribution in [0.4, 0.5) is 5.69 Å². The molecule has 0 saturated carbocycles. The molecule has 0 spiro atoms. The summed E-state index contributed by atoms with van der Waals surface area (Å²) >= 11 is 0. The van der Waals surface area contributed by atoms with Crippen LogP contribution in [0.2, 0.25) is 0 Å². The van der Waals surface area contributed by atoms with Crippen molar-refractivity contribution in [1.29, 1.82) is 0 Å². The van der Waals surface area contributed by atoms with Gasteiger partial charge in [-0.2, -0.15) is 0 Å². The summed E-state index contributed by atoms with van der Waals surface area (Å²) in [6.45, 7) is 4.07. The molecule has 33 heavy (non-hydrogen) atoms. The van der Waals surface area contributed by atoms with Gasteiger partial charge in [-0.15, -0.1) is 10.2 Å². The lowest BCUT2D eigenvalue weighted by atomic mass is 10.0. The van der Waals surface area contributed by atoms with E-state index in [2.05, 4.69) is 19.9 Å². The van der Waals surface area contributed by atoms with Crippen LogP contribution < -0.4 is 5.73 Å². The Morgan fingerprint density at radius 3 is 2.55 bits per heavy atom. The van der Waals surface area contributed by atoms with E-state index in [9.17, 15) is 13.2 Å². The average Bonchev–Trinajstić information content (AvgIpc) is 3.28. The van der Waals surface area contributed by atoms with Gasteiger partial charge in [0.1, 0.15) is 11.4 Å². The van der Waals surface area contributed by atoms with E-state index in [1.807, 2.05) is 38.1 Å². The van der Waals surface area contributed by atoms with Gasteiger partial charge in [0, 0.05) is 11.8 Å². The molecule has 3 aromatic rings. The van der Waals surface area contributed by atoms with Crippen molar-refractivity contribution >= 4 is 27.2 Å². The largest absolute Gasteiger partial charge is 0.464 e. The molecule has 0 bridgehead atoms. The van der Waals surface area contributed by atoms with Crippen LogP contribution in [0.1, 0.15) is 31.2 Å². The van der Waals surface area contributed by atoms with Crippen molar-refractivity contribution in [2.75, 3.05) is 13.4 Å². The lowest BCUT2D eigenvalue weighted by Crippen LogP contribution is -2.15. The van der Waals surface area contributed by atoms with E-state index in [1.54, 1.807) is 12.1 Å². The second-order valence-electron chi connectivity index (χ2n) is 7.51. The van der Waals surface area contributed by atoms with Crippen LogP contribution in [0.25, 0.3) is 11.5 Å². The fourth-order valence-corrected chi connectivity index (χ4v) is 3.64. The number of nitrogens with zero attached hydrogens (tertiary/aromatic N) is 3. The Morgan fingerprint density at radius 2 is 1.88 bits per heavy atom. The van der Waals surface area contributed by atoms with Crippen LogP contribution in [0.5, 0.6) is 0 Å². The van der Waals surface area contributed by atoms with Gasteiger partial charge in [-0.25, -0.2) is 18.2 Å². The number of hydrogen-bond acceptors (Lipinski definition) is 9. The van der Waals surface area contributed by atoms with E-state index in [1.165, 1.54) is 25.3 Å². The second-order valence-corrected chi connectivity index (χ2v) is 9.53. The first kappa shape index (κ1) is 23.9. The molecule has 0 aliphatic rings. The summed E-state index contributed by atoms with van der Waals surface area (Å²) in [5.41, 5.74) is 7.85. The monoisotopic (exact) mass is 468 g/mol. The molecule has 3 rings (SSSR count). The van der Waals surface area contributed by atoms with E-state index >= 15 is 0 Å². The molecule has 0 amide bonds. The number of benzene rings is 2. The number of methoxy groups -OCH3 is 1. The van der Waals surface area contributed by atoms with E-state index in [-0.39, 0.29) is 34.0 Å². The fourth-order valence-electron chi connectivity index (χ4n) is 2.98.